The maximum atomic E-state index is 14.5. The first-order valence-electron chi connectivity index (χ1n) is 21.9. The third-order valence-corrected chi connectivity index (χ3v) is 11.3. The smallest absolute Gasteiger partial charge is 0.312 e. The van der Waals surface area contributed by atoms with Crippen molar-refractivity contribution in [3.63, 3.8) is 0 Å². The molecule has 6 atom stereocenters. The first-order valence-corrected chi connectivity index (χ1v) is 21.9. The van der Waals surface area contributed by atoms with Crippen molar-refractivity contribution >= 4 is 64.2 Å². The molecule has 3 heterocycles. The second kappa shape index (κ2) is 24.0. The van der Waals surface area contributed by atoms with Crippen LogP contribution in [0.1, 0.15) is 69.4 Å². The Morgan fingerprint density at radius 1 is 0.815 bits per heavy atom. The summed E-state index contributed by atoms with van der Waals surface area (Å²) in [4.78, 5) is 117. The van der Waals surface area contributed by atoms with Crippen molar-refractivity contribution in [3.05, 3.63) is 71.9 Å². The molecule has 3 aromatic rings. The highest BCUT2D eigenvalue weighted by atomic mass is 16.2. The number of guanidine groups is 1. The number of hydrogen-bond acceptors (Lipinski definition) is 9. The molecule has 2 aliphatic rings. The van der Waals surface area contributed by atoms with Gasteiger partial charge in [0.15, 0.2) is 5.96 Å². The molecular formula is C44H61N13O8. The highest BCUT2D eigenvalue weighted by Gasteiger charge is 2.40. The van der Waals surface area contributed by atoms with Crippen LogP contribution in [0.2, 0.25) is 0 Å². The van der Waals surface area contributed by atoms with Crippen LogP contribution >= 0.6 is 0 Å². The summed E-state index contributed by atoms with van der Waals surface area (Å²) in [5.41, 5.74) is 18.6. The Hall–Kier alpha value is -7.19. The van der Waals surface area contributed by atoms with E-state index in [0.717, 1.165) is 16.5 Å². The van der Waals surface area contributed by atoms with E-state index in [2.05, 4.69) is 47.2 Å². The molecule has 2 aromatic carbocycles. The Balaban J connectivity index is 1.47. The number of nitrogens with zero attached hydrogens (tertiary/aromatic N) is 2. The molecule has 0 aliphatic carbocycles. The number of aromatic nitrogens is 1. The van der Waals surface area contributed by atoms with Gasteiger partial charge in [0.2, 0.25) is 41.4 Å². The van der Waals surface area contributed by atoms with E-state index >= 15 is 0 Å². The van der Waals surface area contributed by atoms with Crippen LogP contribution in [-0.4, -0.2) is 126 Å². The highest BCUT2D eigenvalue weighted by molar-refractivity contribution is 5.98. The standard InChI is InChI=1S/C44H61N13O8/c1-26(58)52-34(23-27-11-3-2-4-12-27)39(61)55-33-17-9-19-48-37(59)31(15-7-20-49-43(45)46)53-40(62)35(24-28-25-51-30-14-6-5-13-29(28)30)56-38(60)32(16-8-21-50-44(47)65)54-41(63)36-18-10-22-57(36)42(33)64/h2-6,11-14,25,31-36,51H,7-10,15-24H2,1H3,(H,48,59)(H,52,58)(H,53,62)(H,54,63)(H,55,61)(H,56,60)(H4,45,46,49)(H3,47,50,65)/t31-,32-,33-,34-,35-,36-/m0/s1. The van der Waals surface area contributed by atoms with Crippen LogP contribution in [0.5, 0.6) is 0 Å². The summed E-state index contributed by atoms with van der Waals surface area (Å²) in [7, 11) is 0. The first-order chi connectivity index (χ1) is 31.2. The van der Waals surface area contributed by atoms with Gasteiger partial charge in [0.1, 0.15) is 36.3 Å². The normalized spacial score (nSPS) is 21.6. The summed E-state index contributed by atoms with van der Waals surface area (Å²) in [5.74, 6) is -4.35. The molecular weight excluding hydrogens is 839 g/mol. The second-order valence-electron chi connectivity index (χ2n) is 16.3. The SMILES string of the molecule is CC(=O)N[C@@H](Cc1ccccc1)C(=O)N[C@H]1CCCNC(=O)[C@H](CCCN=C(N)N)NC(=O)[C@H](Cc2c[nH]c3ccccc23)NC(=O)[C@H](CCCNC(N)=O)NC(=O)[C@@H]2CCCN2C1=O. The lowest BCUT2D eigenvalue weighted by Crippen LogP contribution is -2.60. The number of benzene rings is 2. The molecule has 0 radical (unpaired) electrons. The molecule has 0 unspecified atom stereocenters. The topological polar surface area (TPSA) is 330 Å². The van der Waals surface area contributed by atoms with Gasteiger partial charge in [-0.15, -0.1) is 0 Å². The van der Waals surface area contributed by atoms with Gasteiger partial charge in [-0.3, -0.25) is 38.6 Å². The average molecular weight is 900 g/mol. The monoisotopic (exact) mass is 899 g/mol. The van der Waals surface area contributed by atoms with E-state index in [1.54, 1.807) is 18.3 Å². The third kappa shape index (κ3) is 14.7. The number of nitrogens with two attached hydrogens (primary N) is 3. The van der Waals surface area contributed by atoms with Crippen molar-refractivity contribution in [1.29, 1.82) is 0 Å². The van der Waals surface area contributed by atoms with E-state index in [4.69, 9.17) is 17.2 Å². The van der Waals surface area contributed by atoms with Crippen LogP contribution in [0.15, 0.2) is 65.8 Å². The van der Waals surface area contributed by atoms with Gasteiger partial charge in [0.25, 0.3) is 0 Å². The Labute approximate surface area is 376 Å². The molecule has 350 valence electrons. The van der Waals surface area contributed by atoms with Crippen LogP contribution in [0.3, 0.4) is 0 Å². The number of urea groups is 1. The molecule has 0 saturated carbocycles. The van der Waals surface area contributed by atoms with Crippen molar-refractivity contribution in [2.45, 2.75) is 107 Å². The molecule has 14 N–H and O–H groups in total. The number of amides is 9. The second-order valence-corrected chi connectivity index (χ2v) is 16.3. The van der Waals surface area contributed by atoms with E-state index in [-0.39, 0.29) is 83.5 Å². The molecule has 2 fully saturated rings. The van der Waals surface area contributed by atoms with Gasteiger partial charge in [0.05, 0.1) is 0 Å². The number of rotatable bonds is 15. The summed E-state index contributed by atoms with van der Waals surface area (Å²) in [6.45, 7) is 1.72. The highest BCUT2D eigenvalue weighted by Crippen LogP contribution is 2.22. The van der Waals surface area contributed by atoms with E-state index in [9.17, 15) is 38.4 Å². The quantitative estimate of drug-likeness (QED) is 0.0492. The zero-order valence-electron chi connectivity index (χ0n) is 36.5. The third-order valence-electron chi connectivity index (χ3n) is 11.3. The van der Waals surface area contributed by atoms with E-state index in [1.807, 2.05) is 42.5 Å². The molecule has 0 spiro atoms. The molecule has 65 heavy (non-hydrogen) atoms. The van der Waals surface area contributed by atoms with Gasteiger partial charge in [-0.1, -0.05) is 48.5 Å². The molecule has 21 nitrogen and oxygen atoms in total. The molecule has 9 amide bonds. The largest absolute Gasteiger partial charge is 0.370 e. The van der Waals surface area contributed by atoms with E-state index in [1.165, 1.54) is 11.8 Å². The Kier molecular flexibility index (Phi) is 18.1. The lowest BCUT2D eigenvalue weighted by atomic mass is 10.0. The number of para-hydroxylation sites is 1. The van der Waals surface area contributed by atoms with Crippen LogP contribution in [0, 0.1) is 0 Å². The Bertz CT molecular complexity index is 2190. The number of aromatic amines is 1. The van der Waals surface area contributed by atoms with Crippen molar-refractivity contribution in [2.24, 2.45) is 22.2 Å². The number of carbonyl (C=O) groups is 8. The van der Waals surface area contributed by atoms with Gasteiger partial charge in [-0.05, 0) is 68.6 Å². The number of fused-ring (bicyclic) bond motifs is 2. The fourth-order valence-corrected chi connectivity index (χ4v) is 8.08. The summed E-state index contributed by atoms with van der Waals surface area (Å²) >= 11 is 0. The lowest BCUT2D eigenvalue weighted by Gasteiger charge is -2.31. The van der Waals surface area contributed by atoms with Crippen LogP contribution in [0.25, 0.3) is 10.9 Å². The number of nitrogens with one attached hydrogen (secondary N) is 8. The number of carbonyl (C=O) groups excluding carboxylic acids is 8. The maximum absolute atomic E-state index is 14.5. The number of primary amides is 1. The minimum Gasteiger partial charge on any atom is -0.370 e. The van der Waals surface area contributed by atoms with Crippen molar-refractivity contribution < 1.29 is 38.4 Å². The fraction of sp³-hybridized carbons (Fsp3) is 0.477. The Morgan fingerprint density at radius 2 is 1.49 bits per heavy atom. The summed E-state index contributed by atoms with van der Waals surface area (Å²) in [5, 5.41) is 20.0. The predicted molar refractivity (Wildman–Crippen MR) is 241 cm³/mol. The minimum atomic E-state index is -1.25. The predicted octanol–water partition coefficient (Wildman–Crippen LogP) is -1.20. The first kappa shape index (κ1) is 48.8. The molecule has 21 heteroatoms. The van der Waals surface area contributed by atoms with Gasteiger partial charge in [0, 0.05) is 63.0 Å². The molecule has 2 saturated heterocycles. The fourth-order valence-electron chi connectivity index (χ4n) is 8.08. The van der Waals surface area contributed by atoms with Gasteiger partial charge < -0.3 is 64.3 Å². The Morgan fingerprint density at radius 3 is 2.23 bits per heavy atom. The molecule has 5 rings (SSSR count). The van der Waals surface area contributed by atoms with E-state index < -0.39 is 83.6 Å². The summed E-state index contributed by atoms with van der Waals surface area (Å²) in [6.07, 6.45) is 3.37. The summed E-state index contributed by atoms with van der Waals surface area (Å²) < 4.78 is 0. The van der Waals surface area contributed by atoms with Gasteiger partial charge in [-0.25, -0.2) is 4.79 Å². The van der Waals surface area contributed by atoms with Crippen molar-refractivity contribution in [1.82, 2.24) is 47.1 Å². The van der Waals surface area contributed by atoms with Crippen molar-refractivity contribution in [3.8, 4) is 0 Å². The summed E-state index contributed by atoms with van der Waals surface area (Å²) in [6, 6.07) is 8.82. The van der Waals surface area contributed by atoms with Crippen LogP contribution in [0.4, 0.5) is 4.79 Å². The van der Waals surface area contributed by atoms with Gasteiger partial charge in [-0.2, -0.15) is 0 Å². The number of hydrogen-bond donors (Lipinski definition) is 11. The zero-order valence-corrected chi connectivity index (χ0v) is 36.5. The minimum absolute atomic E-state index is 0.0000209. The average Bonchev–Trinajstić information content (AvgIpc) is 3.93. The molecule has 0 bridgehead atoms. The molecule has 2 aliphatic heterocycles. The lowest BCUT2D eigenvalue weighted by molar-refractivity contribution is -0.142. The van der Waals surface area contributed by atoms with E-state index in [0.29, 0.717) is 18.4 Å². The van der Waals surface area contributed by atoms with Crippen LogP contribution < -0.4 is 54.4 Å². The number of H-pyrrole nitrogens is 1. The molecule has 1 aromatic heterocycles. The van der Waals surface area contributed by atoms with Gasteiger partial charge >= 0.3 is 6.03 Å². The number of aliphatic imine (C=N–C) groups is 1. The van der Waals surface area contributed by atoms with Crippen LogP contribution in [-0.2, 0) is 46.4 Å². The van der Waals surface area contributed by atoms with Crippen molar-refractivity contribution in [2.75, 3.05) is 26.2 Å². The zero-order chi connectivity index (χ0) is 46.9. The maximum Gasteiger partial charge on any atom is 0.312 e.